The Labute approximate surface area is 159 Å². The molecule has 4 aromatic rings. The van der Waals surface area contributed by atoms with Crippen molar-refractivity contribution in [2.45, 2.75) is 13.3 Å². The van der Waals surface area contributed by atoms with Crippen LogP contribution in [0.2, 0.25) is 0 Å². The highest BCUT2D eigenvalue weighted by atomic mass is 16.5. The number of ether oxygens (including phenoxy) is 1. The molecule has 6 nitrogen and oxygen atoms in total. The van der Waals surface area contributed by atoms with Crippen LogP contribution in [-0.4, -0.2) is 12.9 Å². The number of hydrogen-bond donors (Lipinski definition) is 0. The van der Waals surface area contributed by atoms with Gasteiger partial charge in [0.2, 0.25) is 5.43 Å². The van der Waals surface area contributed by atoms with Gasteiger partial charge in [0.05, 0.1) is 17.6 Å². The minimum atomic E-state index is -0.474. The quantitative estimate of drug-likeness (QED) is 0.390. The second-order valence-corrected chi connectivity index (χ2v) is 6.30. The summed E-state index contributed by atoms with van der Waals surface area (Å²) < 4.78 is 16.3. The van der Waals surface area contributed by atoms with Crippen LogP contribution in [0, 0.1) is 0 Å². The topological polar surface area (TPSA) is 86.7 Å². The fourth-order valence-corrected chi connectivity index (χ4v) is 3.24. The molecule has 0 amide bonds. The van der Waals surface area contributed by atoms with Gasteiger partial charge in [0.25, 0.3) is 0 Å². The van der Waals surface area contributed by atoms with E-state index in [2.05, 4.69) is 0 Å². The predicted molar refractivity (Wildman–Crippen MR) is 104 cm³/mol. The molecule has 0 fully saturated rings. The van der Waals surface area contributed by atoms with E-state index < -0.39 is 5.63 Å². The number of carbonyl (C=O) groups excluding carboxylic acids is 1. The van der Waals surface area contributed by atoms with E-state index >= 15 is 0 Å². The summed E-state index contributed by atoms with van der Waals surface area (Å²) in [4.78, 5) is 35.4. The van der Waals surface area contributed by atoms with Crippen LogP contribution >= 0.6 is 0 Å². The number of carbonyl (C=O) groups is 1. The summed E-state index contributed by atoms with van der Waals surface area (Å²) in [6, 6.07) is 12.1. The Morgan fingerprint density at radius 1 is 1.07 bits per heavy atom. The molecule has 140 valence electrons. The molecule has 2 aromatic carbocycles. The van der Waals surface area contributed by atoms with Gasteiger partial charge in [0.1, 0.15) is 11.8 Å². The van der Waals surface area contributed by atoms with Crippen molar-refractivity contribution in [3.8, 4) is 5.75 Å². The second kappa shape index (κ2) is 7.15. The largest absolute Gasteiger partial charge is 0.490 e. The summed E-state index contributed by atoms with van der Waals surface area (Å²) in [7, 11) is 0. The molecule has 0 atom stereocenters. The van der Waals surface area contributed by atoms with Crippen LogP contribution in [0.25, 0.3) is 21.9 Å². The molecule has 2 aromatic heterocycles. The van der Waals surface area contributed by atoms with E-state index in [9.17, 15) is 14.4 Å². The van der Waals surface area contributed by atoms with Crippen molar-refractivity contribution in [2.75, 3.05) is 6.61 Å². The maximum Gasteiger partial charge on any atom is 0.336 e. The first-order valence-corrected chi connectivity index (χ1v) is 8.79. The molecular weight excluding hydrogens is 360 g/mol. The normalized spacial score (nSPS) is 11.0. The first-order chi connectivity index (χ1) is 13.6. The first-order valence-electron chi connectivity index (χ1n) is 8.79. The molecule has 2 heterocycles. The molecule has 0 aliphatic heterocycles. The van der Waals surface area contributed by atoms with E-state index in [0.29, 0.717) is 41.6 Å². The number of benzene rings is 2. The van der Waals surface area contributed by atoms with Gasteiger partial charge in [-0.05, 0) is 42.7 Å². The Kier molecular flexibility index (Phi) is 4.53. The lowest BCUT2D eigenvalue weighted by Crippen LogP contribution is -2.08. The molecule has 0 aliphatic rings. The minimum absolute atomic E-state index is 0.0307. The highest BCUT2D eigenvalue weighted by molar-refractivity contribution is 5.87. The lowest BCUT2D eigenvalue weighted by Gasteiger charge is -2.10. The second-order valence-electron chi connectivity index (χ2n) is 6.30. The Morgan fingerprint density at radius 2 is 1.93 bits per heavy atom. The van der Waals surface area contributed by atoms with E-state index in [4.69, 9.17) is 13.6 Å². The van der Waals surface area contributed by atoms with E-state index in [1.807, 2.05) is 25.1 Å². The van der Waals surface area contributed by atoms with Crippen LogP contribution < -0.4 is 15.8 Å². The third kappa shape index (κ3) is 3.09. The first kappa shape index (κ1) is 17.7. The molecule has 6 heteroatoms. The van der Waals surface area contributed by atoms with Crippen LogP contribution in [0.5, 0.6) is 5.75 Å². The molecule has 0 saturated heterocycles. The number of fused-ring (bicyclic) bond motifs is 2. The van der Waals surface area contributed by atoms with E-state index in [1.165, 1.54) is 6.07 Å². The van der Waals surface area contributed by atoms with Crippen molar-refractivity contribution in [1.82, 2.24) is 0 Å². The van der Waals surface area contributed by atoms with Crippen molar-refractivity contribution >= 4 is 28.2 Å². The van der Waals surface area contributed by atoms with Gasteiger partial charge in [-0.2, -0.15) is 0 Å². The summed E-state index contributed by atoms with van der Waals surface area (Å²) in [6.45, 7) is 2.31. The van der Waals surface area contributed by atoms with Gasteiger partial charge in [0.15, 0.2) is 17.6 Å². The van der Waals surface area contributed by atoms with E-state index in [0.717, 1.165) is 22.8 Å². The van der Waals surface area contributed by atoms with Crippen molar-refractivity contribution in [2.24, 2.45) is 0 Å². The van der Waals surface area contributed by atoms with Crippen molar-refractivity contribution < 1.29 is 18.4 Å². The Bertz CT molecular complexity index is 1310. The number of aldehydes is 1. The zero-order valence-electron chi connectivity index (χ0n) is 15.1. The lowest BCUT2D eigenvalue weighted by molar-refractivity contribution is 0.112. The van der Waals surface area contributed by atoms with Crippen LogP contribution in [0.4, 0.5) is 0 Å². The van der Waals surface area contributed by atoms with Gasteiger partial charge in [-0.15, -0.1) is 0 Å². The van der Waals surface area contributed by atoms with Gasteiger partial charge in [-0.3, -0.25) is 9.59 Å². The third-order valence-corrected chi connectivity index (χ3v) is 4.50. The molecule has 4 rings (SSSR count). The van der Waals surface area contributed by atoms with Gasteiger partial charge in [-0.1, -0.05) is 18.2 Å². The molecule has 0 bridgehead atoms. The Morgan fingerprint density at radius 3 is 2.71 bits per heavy atom. The smallest absolute Gasteiger partial charge is 0.336 e. The number of rotatable bonds is 5. The zero-order chi connectivity index (χ0) is 19.7. The standard InChI is InChI=1S/C22H16O6/c1-2-26-19-5-3-4-16-14(10-20(24)28-22(16)19)8-13-6-7-18-17(9-13)21(25)15(11-23)12-27-18/h3-7,9-12H,2,8H2,1H3. The predicted octanol–water partition coefficient (Wildman–Crippen LogP) is 3.70. The molecule has 0 unspecified atom stereocenters. The van der Waals surface area contributed by atoms with E-state index in [-0.39, 0.29) is 11.0 Å². The third-order valence-electron chi connectivity index (χ3n) is 4.50. The Balaban J connectivity index is 1.85. The maximum atomic E-state index is 12.4. The number of para-hydroxylation sites is 1. The highest BCUT2D eigenvalue weighted by Crippen LogP contribution is 2.28. The monoisotopic (exact) mass is 376 g/mol. The fourth-order valence-electron chi connectivity index (χ4n) is 3.24. The molecule has 0 saturated carbocycles. The average Bonchev–Trinajstić information content (AvgIpc) is 2.69. The summed E-state index contributed by atoms with van der Waals surface area (Å²) in [5, 5.41) is 1.09. The van der Waals surface area contributed by atoms with Crippen molar-refractivity contribution in [1.29, 1.82) is 0 Å². The van der Waals surface area contributed by atoms with Crippen LogP contribution in [0.15, 0.2) is 67.2 Å². The molecule has 0 radical (unpaired) electrons. The fraction of sp³-hybridized carbons (Fsp3) is 0.136. The van der Waals surface area contributed by atoms with Crippen LogP contribution in [0.1, 0.15) is 28.4 Å². The van der Waals surface area contributed by atoms with Crippen molar-refractivity contribution in [3.63, 3.8) is 0 Å². The summed E-state index contributed by atoms with van der Waals surface area (Å²) in [5.41, 5.74) is 1.47. The SMILES string of the molecule is CCOc1cccc2c(Cc3ccc4occ(C=O)c(=O)c4c3)cc(=O)oc12. The van der Waals surface area contributed by atoms with Gasteiger partial charge in [0, 0.05) is 11.5 Å². The maximum absolute atomic E-state index is 12.4. The minimum Gasteiger partial charge on any atom is -0.490 e. The van der Waals surface area contributed by atoms with Crippen LogP contribution in [0.3, 0.4) is 0 Å². The van der Waals surface area contributed by atoms with Gasteiger partial charge >= 0.3 is 5.63 Å². The highest BCUT2D eigenvalue weighted by Gasteiger charge is 2.12. The molecule has 28 heavy (non-hydrogen) atoms. The van der Waals surface area contributed by atoms with Crippen molar-refractivity contribution in [3.05, 3.63) is 86.1 Å². The molecular formula is C22H16O6. The van der Waals surface area contributed by atoms with E-state index in [1.54, 1.807) is 18.2 Å². The summed E-state index contributed by atoms with van der Waals surface area (Å²) >= 11 is 0. The zero-order valence-corrected chi connectivity index (χ0v) is 15.1. The average molecular weight is 376 g/mol. The number of hydrogen-bond acceptors (Lipinski definition) is 6. The van der Waals surface area contributed by atoms with Crippen LogP contribution in [-0.2, 0) is 6.42 Å². The molecule has 0 spiro atoms. The molecule has 0 N–H and O–H groups in total. The summed E-state index contributed by atoms with van der Waals surface area (Å²) in [6.07, 6.45) is 2.03. The lowest BCUT2D eigenvalue weighted by atomic mass is 10.00. The summed E-state index contributed by atoms with van der Waals surface area (Å²) in [5.74, 6) is 0.508. The van der Waals surface area contributed by atoms with Gasteiger partial charge in [-0.25, -0.2) is 4.79 Å². The Hall–Kier alpha value is -3.67. The molecule has 0 aliphatic carbocycles. The van der Waals surface area contributed by atoms with Gasteiger partial charge < -0.3 is 13.6 Å².